The zero-order valence-corrected chi connectivity index (χ0v) is 19.1. The number of hydrogen-bond acceptors (Lipinski definition) is 1. The number of nitrogens with zero attached hydrogens (tertiary/aromatic N) is 1. The van der Waals surface area contributed by atoms with Gasteiger partial charge in [-0.2, -0.15) is 0 Å². The summed E-state index contributed by atoms with van der Waals surface area (Å²) in [5.41, 5.74) is 0. The summed E-state index contributed by atoms with van der Waals surface area (Å²) in [5.74, 6) is -0.602. The van der Waals surface area contributed by atoms with E-state index in [0.29, 0.717) is 0 Å². The minimum absolute atomic E-state index is 0.220. The minimum atomic E-state index is -0.602. The first kappa shape index (κ1) is 26.4. The van der Waals surface area contributed by atoms with E-state index >= 15 is 0 Å². The van der Waals surface area contributed by atoms with Crippen LogP contribution in [-0.2, 0) is 4.79 Å². The van der Waals surface area contributed by atoms with Crippen LogP contribution in [0.4, 0.5) is 0 Å². The van der Waals surface area contributed by atoms with Crippen LogP contribution in [0.5, 0.6) is 0 Å². The smallest absolute Gasteiger partial charge is 0.362 e. The van der Waals surface area contributed by atoms with Crippen molar-refractivity contribution in [2.24, 2.45) is 0 Å². The molecule has 1 atom stereocenters. The van der Waals surface area contributed by atoms with E-state index < -0.39 is 5.97 Å². The molecule has 0 amide bonds. The van der Waals surface area contributed by atoms with Gasteiger partial charge in [-0.15, -0.1) is 0 Å². The maximum absolute atomic E-state index is 11.8. The number of carboxylic acid groups (broad SMARTS) is 1. The van der Waals surface area contributed by atoms with Gasteiger partial charge in [0.05, 0.1) is 19.6 Å². The van der Waals surface area contributed by atoms with Gasteiger partial charge in [0.1, 0.15) is 0 Å². The van der Waals surface area contributed by atoms with E-state index in [4.69, 9.17) is 0 Å². The van der Waals surface area contributed by atoms with Crippen LogP contribution in [0.1, 0.15) is 124 Å². The monoisotopic (exact) mass is 384 g/mol. The van der Waals surface area contributed by atoms with Crippen LogP contribution in [0.25, 0.3) is 0 Å². The molecule has 0 aliphatic heterocycles. The largest absolute Gasteiger partial charge is 0.477 e. The van der Waals surface area contributed by atoms with Crippen molar-refractivity contribution < 1.29 is 14.4 Å². The van der Waals surface area contributed by atoms with Crippen molar-refractivity contribution in [1.29, 1.82) is 0 Å². The van der Waals surface area contributed by atoms with Crippen LogP contribution in [0.15, 0.2) is 0 Å². The highest BCUT2D eigenvalue weighted by atomic mass is 16.4. The predicted molar refractivity (Wildman–Crippen MR) is 118 cm³/mol. The van der Waals surface area contributed by atoms with Crippen LogP contribution < -0.4 is 0 Å². The van der Waals surface area contributed by atoms with Crippen molar-refractivity contribution in [3.63, 3.8) is 0 Å². The lowest BCUT2D eigenvalue weighted by atomic mass is 10.0. The third-order valence-electron chi connectivity index (χ3n) is 6.67. The molecule has 0 saturated heterocycles. The molecule has 0 saturated carbocycles. The molecular weight excluding hydrogens is 334 g/mol. The number of rotatable bonds is 20. The number of hydrogen-bond donors (Lipinski definition) is 1. The molecule has 162 valence electrons. The predicted octanol–water partition coefficient (Wildman–Crippen LogP) is 7.19. The zero-order valence-electron chi connectivity index (χ0n) is 19.1. The average Bonchev–Trinajstić information content (AvgIpc) is 2.67. The number of unbranched alkanes of at least 4 members (excludes halogenated alkanes) is 13. The van der Waals surface area contributed by atoms with Gasteiger partial charge in [-0.25, -0.2) is 4.79 Å². The van der Waals surface area contributed by atoms with Crippen LogP contribution >= 0.6 is 0 Å². The second-order valence-corrected chi connectivity index (χ2v) is 8.41. The van der Waals surface area contributed by atoms with Crippen LogP contribution in [0.3, 0.4) is 0 Å². The van der Waals surface area contributed by atoms with Crippen molar-refractivity contribution in [2.45, 2.75) is 130 Å². The van der Waals surface area contributed by atoms with Crippen molar-refractivity contribution in [3.05, 3.63) is 0 Å². The molecule has 0 aromatic heterocycles. The first-order valence-electron chi connectivity index (χ1n) is 12.2. The normalized spacial score (nSPS) is 13.0. The van der Waals surface area contributed by atoms with Gasteiger partial charge in [0, 0.05) is 6.42 Å². The lowest BCUT2D eigenvalue weighted by Gasteiger charge is -2.40. The molecule has 0 aromatic carbocycles. The fraction of sp³-hybridized carbons (Fsp3) is 0.958. The molecule has 0 heterocycles. The standard InChI is InChI=1S/C24H49NO2/c1-5-9-10-11-12-13-14-15-16-17-18-19-20-21-22-23(24(26)27)25(6-2,7-3)8-4/h23H,5-22H2,1-4H3/p+1. The van der Waals surface area contributed by atoms with Gasteiger partial charge in [-0.1, -0.05) is 90.4 Å². The number of carbonyl (C=O) groups is 1. The summed E-state index contributed by atoms with van der Waals surface area (Å²) < 4.78 is 0.730. The molecule has 27 heavy (non-hydrogen) atoms. The SMILES string of the molecule is CCCCCCCCCCCCCCCCC(C(=O)O)[N+](CC)(CC)CC. The van der Waals surface area contributed by atoms with Gasteiger partial charge >= 0.3 is 5.97 Å². The lowest BCUT2D eigenvalue weighted by molar-refractivity contribution is -0.939. The van der Waals surface area contributed by atoms with Gasteiger partial charge in [0.15, 0.2) is 6.04 Å². The average molecular weight is 385 g/mol. The summed E-state index contributed by atoms with van der Waals surface area (Å²) >= 11 is 0. The number of quaternary nitrogens is 1. The minimum Gasteiger partial charge on any atom is -0.477 e. The van der Waals surface area contributed by atoms with E-state index in [0.717, 1.165) is 37.0 Å². The van der Waals surface area contributed by atoms with Crippen molar-refractivity contribution >= 4 is 5.97 Å². The van der Waals surface area contributed by atoms with E-state index in [-0.39, 0.29) is 6.04 Å². The maximum Gasteiger partial charge on any atom is 0.362 e. The number of aliphatic carboxylic acids is 1. The van der Waals surface area contributed by atoms with Crippen molar-refractivity contribution in [2.75, 3.05) is 19.6 Å². The van der Waals surface area contributed by atoms with E-state index in [1.807, 2.05) is 0 Å². The molecule has 0 aromatic rings. The third-order valence-corrected chi connectivity index (χ3v) is 6.67. The molecule has 0 aliphatic rings. The number of carboxylic acids is 1. The zero-order chi connectivity index (χ0) is 20.4. The highest BCUT2D eigenvalue weighted by Crippen LogP contribution is 2.20. The maximum atomic E-state index is 11.8. The Bertz CT molecular complexity index is 331. The fourth-order valence-electron chi connectivity index (χ4n) is 4.50. The Morgan fingerprint density at radius 3 is 1.26 bits per heavy atom. The third kappa shape index (κ3) is 11.8. The summed E-state index contributed by atoms with van der Waals surface area (Å²) in [6.07, 6.45) is 19.7. The van der Waals surface area contributed by atoms with E-state index in [1.54, 1.807) is 0 Å². The Morgan fingerprint density at radius 1 is 0.630 bits per heavy atom. The highest BCUT2D eigenvalue weighted by molar-refractivity contribution is 5.72. The Morgan fingerprint density at radius 2 is 0.963 bits per heavy atom. The quantitative estimate of drug-likeness (QED) is 0.178. The Balaban J connectivity index is 3.68. The molecule has 3 heteroatoms. The Kier molecular flexibility index (Phi) is 17.2. The summed E-state index contributed by atoms with van der Waals surface area (Å²) in [6.45, 7) is 11.4. The summed E-state index contributed by atoms with van der Waals surface area (Å²) in [4.78, 5) is 11.8. The first-order chi connectivity index (χ1) is 13.1. The van der Waals surface area contributed by atoms with Crippen LogP contribution in [-0.4, -0.2) is 41.2 Å². The Hall–Kier alpha value is -0.570. The summed E-state index contributed by atoms with van der Waals surface area (Å²) in [6, 6.07) is -0.220. The van der Waals surface area contributed by atoms with E-state index in [1.165, 1.54) is 83.5 Å². The molecular formula is C24H50NO2+. The van der Waals surface area contributed by atoms with Crippen molar-refractivity contribution in [3.8, 4) is 0 Å². The van der Waals surface area contributed by atoms with Gasteiger partial charge in [-0.05, 0) is 27.2 Å². The molecule has 0 fully saturated rings. The van der Waals surface area contributed by atoms with E-state index in [2.05, 4.69) is 27.7 Å². The van der Waals surface area contributed by atoms with Gasteiger partial charge in [-0.3, -0.25) is 0 Å². The fourth-order valence-corrected chi connectivity index (χ4v) is 4.50. The second kappa shape index (κ2) is 17.5. The van der Waals surface area contributed by atoms with Crippen LogP contribution in [0, 0.1) is 0 Å². The van der Waals surface area contributed by atoms with Crippen molar-refractivity contribution in [1.82, 2.24) is 0 Å². The summed E-state index contributed by atoms with van der Waals surface area (Å²) in [5, 5.41) is 9.69. The topological polar surface area (TPSA) is 37.3 Å². The van der Waals surface area contributed by atoms with Gasteiger partial charge in [0.2, 0.25) is 0 Å². The molecule has 0 bridgehead atoms. The highest BCUT2D eigenvalue weighted by Gasteiger charge is 2.37. The summed E-state index contributed by atoms with van der Waals surface area (Å²) in [7, 11) is 0. The lowest BCUT2D eigenvalue weighted by Crippen LogP contribution is -2.58. The molecule has 0 rings (SSSR count). The molecule has 1 N–H and O–H groups in total. The van der Waals surface area contributed by atoms with E-state index in [9.17, 15) is 9.90 Å². The Labute approximate surface area is 170 Å². The number of likely N-dealkylation sites (N-methyl/N-ethyl adjacent to an activating group) is 1. The molecule has 1 unspecified atom stereocenters. The first-order valence-corrected chi connectivity index (χ1v) is 12.2. The molecule has 0 radical (unpaired) electrons. The van der Waals surface area contributed by atoms with Gasteiger partial charge < -0.3 is 9.59 Å². The second-order valence-electron chi connectivity index (χ2n) is 8.41. The molecule has 0 spiro atoms. The molecule has 0 aliphatic carbocycles. The molecule has 3 nitrogen and oxygen atoms in total. The van der Waals surface area contributed by atoms with Crippen LogP contribution in [0.2, 0.25) is 0 Å². The van der Waals surface area contributed by atoms with Gasteiger partial charge in [0.25, 0.3) is 0 Å².